The zero-order valence-electron chi connectivity index (χ0n) is 14.7. The topological polar surface area (TPSA) is 58.6 Å². The molecule has 5 nitrogen and oxygen atoms in total. The van der Waals surface area contributed by atoms with Gasteiger partial charge in [0.05, 0.1) is 12.8 Å². The molecule has 6 heteroatoms. The molecular weight excluding hydrogens is 340 g/mol. The lowest BCUT2D eigenvalue weighted by Crippen LogP contribution is -2.37. The Hall–Kier alpha value is -2.53. The van der Waals surface area contributed by atoms with Crippen molar-refractivity contribution in [2.24, 2.45) is 0 Å². The number of hydrogen-bond acceptors (Lipinski definition) is 3. The summed E-state index contributed by atoms with van der Waals surface area (Å²) >= 11 is 6.07. The lowest BCUT2D eigenvalue weighted by atomic mass is 10.1. The highest BCUT2D eigenvalue weighted by Crippen LogP contribution is 2.29. The van der Waals surface area contributed by atoms with Gasteiger partial charge in [0, 0.05) is 17.6 Å². The van der Waals surface area contributed by atoms with E-state index < -0.39 is 0 Å². The zero-order valence-corrected chi connectivity index (χ0v) is 15.5. The number of methoxy groups -OCH3 is 1. The van der Waals surface area contributed by atoms with Crippen LogP contribution in [0.4, 0.5) is 11.4 Å². The van der Waals surface area contributed by atoms with Crippen LogP contribution >= 0.6 is 11.6 Å². The Bertz CT molecular complexity index is 805. The molecule has 0 aliphatic carbocycles. The van der Waals surface area contributed by atoms with E-state index in [4.69, 9.17) is 16.3 Å². The first kappa shape index (κ1) is 18.8. The van der Waals surface area contributed by atoms with Gasteiger partial charge in [-0.05, 0) is 49.2 Å². The number of benzene rings is 2. The predicted octanol–water partition coefficient (Wildman–Crippen LogP) is 3.96. The average molecular weight is 361 g/mol. The van der Waals surface area contributed by atoms with Crippen molar-refractivity contribution in [1.29, 1.82) is 0 Å². The highest BCUT2D eigenvalue weighted by molar-refractivity contribution is 6.31. The van der Waals surface area contributed by atoms with Crippen LogP contribution < -0.4 is 15.0 Å². The van der Waals surface area contributed by atoms with Crippen LogP contribution in [-0.2, 0) is 9.59 Å². The summed E-state index contributed by atoms with van der Waals surface area (Å²) in [4.78, 5) is 26.0. The SMILES string of the molecule is COc1ccc(C)cc1N(CC(=O)Nc1cccc(Cl)c1C)C(C)=O. The Morgan fingerprint density at radius 1 is 1.20 bits per heavy atom. The third kappa shape index (κ3) is 4.51. The summed E-state index contributed by atoms with van der Waals surface area (Å²) in [5, 5.41) is 3.37. The Kier molecular flexibility index (Phi) is 6.04. The van der Waals surface area contributed by atoms with Gasteiger partial charge in [-0.3, -0.25) is 14.5 Å². The van der Waals surface area contributed by atoms with E-state index in [2.05, 4.69) is 5.32 Å². The number of carbonyl (C=O) groups excluding carboxylic acids is 2. The highest BCUT2D eigenvalue weighted by Gasteiger charge is 2.20. The van der Waals surface area contributed by atoms with Gasteiger partial charge in [-0.25, -0.2) is 0 Å². The first-order chi connectivity index (χ1) is 11.8. The molecule has 0 aliphatic heterocycles. The lowest BCUT2D eigenvalue weighted by molar-refractivity contribution is -0.120. The second kappa shape index (κ2) is 8.03. The van der Waals surface area contributed by atoms with Crippen LogP contribution in [0.5, 0.6) is 5.75 Å². The maximum atomic E-state index is 12.5. The normalized spacial score (nSPS) is 10.3. The molecule has 0 heterocycles. The van der Waals surface area contributed by atoms with Crippen LogP contribution in [0.15, 0.2) is 36.4 Å². The molecule has 0 unspecified atom stereocenters. The number of nitrogens with one attached hydrogen (secondary N) is 1. The fourth-order valence-corrected chi connectivity index (χ4v) is 2.63. The molecule has 0 saturated carbocycles. The largest absolute Gasteiger partial charge is 0.495 e. The molecule has 1 N–H and O–H groups in total. The Morgan fingerprint density at radius 2 is 1.92 bits per heavy atom. The first-order valence-electron chi connectivity index (χ1n) is 7.81. The number of hydrogen-bond donors (Lipinski definition) is 1. The van der Waals surface area contributed by atoms with Crippen LogP contribution in [0.3, 0.4) is 0 Å². The van der Waals surface area contributed by atoms with Gasteiger partial charge in [0.1, 0.15) is 12.3 Å². The quantitative estimate of drug-likeness (QED) is 0.878. The number of aryl methyl sites for hydroxylation is 1. The summed E-state index contributed by atoms with van der Waals surface area (Å²) in [6, 6.07) is 10.8. The van der Waals surface area contributed by atoms with Crippen molar-refractivity contribution in [1.82, 2.24) is 0 Å². The second-order valence-electron chi connectivity index (χ2n) is 5.74. The molecular formula is C19H21ClN2O3. The Balaban J connectivity index is 2.25. The van der Waals surface area contributed by atoms with E-state index >= 15 is 0 Å². The molecule has 132 valence electrons. The molecule has 0 aromatic heterocycles. The van der Waals surface area contributed by atoms with Crippen LogP contribution in [0.1, 0.15) is 18.1 Å². The zero-order chi connectivity index (χ0) is 18.6. The molecule has 0 bridgehead atoms. The smallest absolute Gasteiger partial charge is 0.244 e. The van der Waals surface area contributed by atoms with E-state index in [1.54, 1.807) is 24.3 Å². The molecule has 2 aromatic rings. The van der Waals surface area contributed by atoms with E-state index in [0.717, 1.165) is 11.1 Å². The molecule has 0 fully saturated rings. The number of amides is 2. The maximum Gasteiger partial charge on any atom is 0.244 e. The van der Waals surface area contributed by atoms with Crippen LogP contribution in [0.2, 0.25) is 5.02 Å². The number of carbonyl (C=O) groups is 2. The average Bonchev–Trinajstić information content (AvgIpc) is 2.56. The van der Waals surface area contributed by atoms with Crippen molar-refractivity contribution in [3.8, 4) is 5.75 Å². The molecule has 25 heavy (non-hydrogen) atoms. The molecule has 0 aliphatic rings. The van der Waals surface area contributed by atoms with Crippen molar-refractivity contribution in [2.75, 3.05) is 23.9 Å². The molecule has 0 saturated heterocycles. The van der Waals surface area contributed by atoms with Crippen molar-refractivity contribution in [3.05, 3.63) is 52.5 Å². The minimum Gasteiger partial charge on any atom is -0.495 e. The van der Waals surface area contributed by atoms with E-state index in [0.29, 0.717) is 22.1 Å². The van der Waals surface area contributed by atoms with Crippen LogP contribution in [0.25, 0.3) is 0 Å². The molecule has 2 amide bonds. The summed E-state index contributed by atoms with van der Waals surface area (Å²) < 4.78 is 5.32. The number of nitrogens with zero attached hydrogens (tertiary/aromatic N) is 1. The first-order valence-corrected chi connectivity index (χ1v) is 8.19. The highest BCUT2D eigenvalue weighted by atomic mass is 35.5. The van der Waals surface area contributed by atoms with Gasteiger partial charge in [0.15, 0.2) is 0 Å². The third-order valence-corrected chi connectivity index (χ3v) is 4.26. The van der Waals surface area contributed by atoms with Crippen molar-refractivity contribution < 1.29 is 14.3 Å². The molecule has 0 radical (unpaired) electrons. The summed E-state index contributed by atoms with van der Waals surface area (Å²) in [5.41, 5.74) is 2.93. The van der Waals surface area contributed by atoms with Gasteiger partial charge in [-0.1, -0.05) is 23.7 Å². The van der Waals surface area contributed by atoms with Gasteiger partial charge in [-0.2, -0.15) is 0 Å². The third-order valence-electron chi connectivity index (χ3n) is 3.85. The predicted molar refractivity (Wildman–Crippen MR) is 101 cm³/mol. The van der Waals surface area contributed by atoms with Crippen LogP contribution in [-0.4, -0.2) is 25.5 Å². The van der Waals surface area contributed by atoms with Gasteiger partial charge < -0.3 is 10.1 Å². The van der Waals surface area contributed by atoms with Crippen molar-refractivity contribution >= 4 is 34.8 Å². The fourth-order valence-electron chi connectivity index (χ4n) is 2.45. The Morgan fingerprint density at radius 3 is 2.56 bits per heavy atom. The van der Waals surface area contributed by atoms with Crippen molar-refractivity contribution in [3.63, 3.8) is 0 Å². The number of rotatable bonds is 5. The maximum absolute atomic E-state index is 12.5. The fraction of sp³-hybridized carbons (Fsp3) is 0.263. The number of anilines is 2. The van der Waals surface area contributed by atoms with Gasteiger partial charge in [0.2, 0.25) is 11.8 Å². The van der Waals surface area contributed by atoms with Crippen LogP contribution in [0, 0.1) is 13.8 Å². The number of halogens is 1. The summed E-state index contributed by atoms with van der Waals surface area (Å²) in [7, 11) is 1.53. The van der Waals surface area contributed by atoms with Gasteiger partial charge in [0.25, 0.3) is 0 Å². The minimum absolute atomic E-state index is 0.124. The van der Waals surface area contributed by atoms with Crippen molar-refractivity contribution in [2.45, 2.75) is 20.8 Å². The summed E-state index contributed by atoms with van der Waals surface area (Å²) in [6.45, 7) is 5.03. The van der Waals surface area contributed by atoms with Gasteiger partial charge >= 0.3 is 0 Å². The molecule has 0 atom stereocenters. The van der Waals surface area contributed by atoms with E-state index in [9.17, 15) is 9.59 Å². The minimum atomic E-state index is -0.316. The second-order valence-corrected chi connectivity index (χ2v) is 6.15. The monoisotopic (exact) mass is 360 g/mol. The van der Waals surface area contributed by atoms with E-state index in [1.807, 2.05) is 26.0 Å². The number of ether oxygens (including phenoxy) is 1. The summed E-state index contributed by atoms with van der Waals surface area (Å²) in [6.07, 6.45) is 0. The lowest BCUT2D eigenvalue weighted by Gasteiger charge is -2.23. The summed E-state index contributed by atoms with van der Waals surface area (Å²) in [5.74, 6) is -0.0291. The molecule has 2 aromatic carbocycles. The standard InChI is InChI=1S/C19H21ClN2O3/c1-12-8-9-18(25-4)17(10-12)22(14(3)23)11-19(24)21-16-7-5-6-15(20)13(16)2/h5-10H,11H2,1-4H3,(H,21,24). The van der Waals surface area contributed by atoms with E-state index in [1.165, 1.54) is 18.9 Å². The molecule has 0 spiro atoms. The van der Waals surface area contributed by atoms with Gasteiger partial charge in [-0.15, -0.1) is 0 Å². The molecule has 2 rings (SSSR count). The Labute approximate surface area is 152 Å². The van der Waals surface area contributed by atoms with E-state index in [-0.39, 0.29) is 18.4 Å².